The Balaban J connectivity index is 2.28. The van der Waals surface area contributed by atoms with Crippen molar-refractivity contribution in [1.29, 1.82) is 0 Å². The fourth-order valence-corrected chi connectivity index (χ4v) is 2.50. The van der Waals surface area contributed by atoms with Gasteiger partial charge in [0.2, 0.25) is 0 Å². The quantitative estimate of drug-likeness (QED) is 0.845. The third-order valence-electron chi connectivity index (χ3n) is 1.80. The highest BCUT2D eigenvalue weighted by molar-refractivity contribution is 9.09. The average molecular weight is 292 g/mol. The first-order valence-electron chi connectivity index (χ1n) is 4.79. The molecular formula is C9H14BrN3OS. The minimum Gasteiger partial charge on any atom is -0.349 e. The molecule has 4 nitrogen and oxygen atoms in total. The number of nitrogens with one attached hydrogen (secondary N) is 1. The Labute approximate surface area is 102 Å². The van der Waals surface area contributed by atoms with Crippen molar-refractivity contribution in [3.8, 4) is 0 Å². The summed E-state index contributed by atoms with van der Waals surface area (Å²) in [6.45, 7) is 4.93. The van der Waals surface area contributed by atoms with Gasteiger partial charge in [0.25, 0.3) is 5.91 Å². The molecule has 1 N–H and O–H groups in total. The molecule has 0 aliphatic carbocycles. The maximum atomic E-state index is 11.5. The lowest BCUT2D eigenvalue weighted by Crippen LogP contribution is -2.30. The second-order valence-corrected chi connectivity index (χ2v) is 5.63. The fourth-order valence-electron chi connectivity index (χ4n) is 1.15. The lowest BCUT2D eigenvalue weighted by atomic mass is 10.1. The highest BCUT2D eigenvalue weighted by Gasteiger charge is 2.11. The fraction of sp³-hybridized carbons (Fsp3) is 0.667. The molecule has 0 fully saturated rings. The van der Waals surface area contributed by atoms with Crippen LogP contribution in [0, 0.1) is 5.92 Å². The summed E-state index contributed by atoms with van der Waals surface area (Å²) in [5.41, 5.74) is 0.393. The van der Waals surface area contributed by atoms with Crippen LogP contribution in [0.4, 0.5) is 0 Å². The Hall–Kier alpha value is -0.490. The molecular weight excluding hydrogens is 278 g/mol. The van der Waals surface area contributed by atoms with Crippen molar-refractivity contribution in [2.24, 2.45) is 5.92 Å². The number of nitrogens with zero attached hydrogens (tertiary/aromatic N) is 2. The average Bonchev–Trinajstić information content (AvgIpc) is 2.65. The molecule has 1 heterocycles. The Bertz CT molecular complexity index is 302. The minimum absolute atomic E-state index is 0.156. The van der Waals surface area contributed by atoms with E-state index < -0.39 is 0 Å². The summed E-state index contributed by atoms with van der Waals surface area (Å²) in [6, 6.07) is 0. The van der Waals surface area contributed by atoms with E-state index in [-0.39, 0.29) is 5.91 Å². The van der Waals surface area contributed by atoms with Crippen LogP contribution in [0.25, 0.3) is 0 Å². The number of carbonyl (C=O) groups excluding carboxylic acids is 1. The molecule has 84 valence electrons. The van der Waals surface area contributed by atoms with Crippen LogP contribution in [0.2, 0.25) is 0 Å². The van der Waals surface area contributed by atoms with Gasteiger partial charge in [-0.05, 0) is 23.9 Å². The highest BCUT2D eigenvalue weighted by atomic mass is 79.9. The van der Waals surface area contributed by atoms with Gasteiger partial charge < -0.3 is 5.32 Å². The van der Waals surface area contributed by atoms with Crippen molar-refractivity contribution in [2.45, 2.75) is 25.1 Å². The summed E-state index contributed by atoms with van der Waals surface area (Å²) in [5.74, 6) is 0.462. The second-order valence-electron chi connectivity index (χ2n) is 3.73. The van der Waals surface area contributed by atoms with Gasteiger partial charge in [0.1, 0.15) is 0 Å². The second kappa shape index (κ2) is 6.17. The van der Waals surface area contributed by atoms with Crippen molar-refractivity contribution >= 4 is 33.4 Å². The number of amides is 1. The van der Waals surface area contributed by atoms with Crippen molar-refractivity contribution < 1.29 is 4.79 Å². The smallest absolute Gasteiger partial charge is 0.272 e. The third kappa shape index (κ3) is 4.70. The van der Waals surface area contributed by atoms with Crippen LogP contribution >= 0.6 is 27.5 Å². The molecule has 1 rings (SSSR count). The maximum absolute atomic E-state index is 11.5. The number of alkyl halides is 1. The Morgan fingerprint density at radius 2 is 2.40 bits per heavy atom. The van der Waals surface area contributed by atoms with Gasteiger partial charge in [0, 0.05) is 16.8 Å². The molecule has 6 heteroatoms. The van der Waals surface area contributed by atoms with Crippen LogP contribution in [0.15, 0.2) is 5.38 Å². The van der Waals surface area contributed by atoms with E-state index in [1.54, 1.807) is 5.38 Å². The van der Waals surface area contributed by atoms with Crippen LogP contribution in [0.5, 0.6) is 0 Å². The van der Waals surface area contributed by atoms with Gasteiger partial charge in [-0.15, -0.1) is 5.10 Å². The lowest BCUT2D eigenvalue weighted by molar-refractivity contribution is 0.0948. The monoisotopic (exact) mass is 291 g/mol. The van der Waals surface area contributed by atoms with Crippen molar-refractivity contribution in [3.63, 3.8) is 0 Å². The molecule has 1 amide bonds. The van der Waals surface area contributed by atoms with Crippen LogP contribution < -0.4 is 5.32 Å². The number of carbonyl (C=O) groups is 1. The molecule has 1 atom stereocenters. The number of hydrogen-bond donors (Lipinski definition) is 1. The molecule has 15 heavy (non-hydrogen) atoms. The molecule has 0 aliphatic rings. The molecule has 0 bridgehead atoms. The maximum Gasteiger partial charge on any atom is 0.272 e. The van der Waals surface area contributed by atoms with Gasteiger partial charge in [0.15, 0.2) is 5.69 Å². The normalized spacial score (nSPS) is 12.8. The van der Waals surface area contributed by atoms with Gasteiger partial charge in [-0.25, -0.2) is 0 Å². The minimum atomic E-state index is -0.156. The van der Waals surface area contributed by atoms with E-state index in [0.717, 1.165) is 6.42 Å². The molecule has 0 radical (unpaired) electrons. The molecule has 1 unspecified atom stereocenters. The first-order valence-corrected chi connectivity index (χ1v) is 6.54. The van der Waals surface area contributed by atoms with Crippen LogP contribution in [-0.2, 0) is 0 Å². The van der Waals surface area contributed by atoms with Gasteiger partial charge in [0.05, 0.1) is 0 Å². The van der Waals surface area contributed by atoms with E-state index in [9.17, 15) is 4.79 Å². The molecule has 0 spiro atoms. The van der Waals surface area contributed by atoms with Gasteiger partial charge in [-0.1, -0.05) is 34.3 Å². The largest absolute Gasteiger partial charge is 0.349 e. The summed E-state index contributed by atoms with van der Waals surface area (Å²) in [6.07, 6.45) is 1.04. The summed E-state index contributed by atoms with van der Waals surface area (Å²) >= 11 is 4.70. The van der Waals surface area contributed by atoms with Gasteiger partial charge >= 0.3 is 0 Å². The zero-order chi connectivity index (χ0) is 11.3. The van der Waals surface area contributed by atoms with Crippen molar-refractivity contribution in [1.82, 2.24) is 14.9 Å². The molecule has 0 aromatic carbocycles. The molecule has 1 aromatic rings. The molecule has 0 aliphatic heterocycles. The van der Waals surface area contributed by atoms with E-state index in [2.05, 4.69) is 44.7 Å². The van der Waals surface area contributed by atoms with Gasteiger partial charge in [-0.2, -0.15) is 0 Å². The van der Waals surface area contributed by atoms with Crippen LogP contribution in [-0.4, -0.2) is 26.9 Å². The highest BCUT2D eigenvalue weighted by Crippen LogP contribution is 2.11. The van der Waals surface area contributed by atoms with E-state index in [1.165, 1.54) is 11.5 Å². The van der Waals surface area contributed by atoms with E-state index in [0.29, 0.717) is 23.0 Å². The van der Waals surface area contributed by atoms with Crippen molar-refractivity contribution in [3.05, 3.63) is 11.1 Å². The number of hydrogen-bond acceptors (Lipinski definition) is 4. The predicted octanol–water partition coefficient (Wildman–Crippen LogP) is 2.08. The SMILES string of the molecule is CC(C)CC(Br)CNC(=O)c1csnn1. The summed E-state index contributed by atoms with van der Waals surface area (Å²) in [5, 5.41) is 8.14. The van der Waals surface area contributed by atoms with Crippen LogP contribution in [0.3, 0.4) is 0 Å². The molecule has 1 aromatic heterocycles. The Morgan fingerprint density at radius 1 is 1.67 bits per heavy atom. The molecule has 0 saturated carbocycles. The number of halogens is 1. The standard InChI is InChI=1S/C9H14BrN3OS/c1-6(2)3-7(10)4-11-9(14)8-5-15-13-12-8/h5-7H,3-4H2,1-2H3,(H,11,14). The lowest BCUT2D eigenvalue weighted by Gasteiger charge is -2.12. The predicted molar refractivity (Wildman–Crippen MR) is 64.4 cm³/mol. The number of aromatic nitrogens is 2. The Kier molecular flexibility index (Phi) is 5.17. The van der Waals surface area contributed by atoms with E-state index in [4.69, 9.17) is 0 Å². The third-order valence-corrected chi connectivity index (χ3v) is 3.01. The van der Waals surface area contributed by atoms with Crippen molar-refractivity contribution in [2.75, 3.05) is 6.54 Å². The zero-order valence-electron chi connectivity index (χ0n) is 8.74. The molecule has 0 saturated heterocycles. The summed E-state index contributed by atoms with van der Waals surface area (Å²) < 4.78 is 3.64. The zero-order valence-corrected chi connectivity index (χ0v) is 11.1. The number of rotatable bonds is 5. The van der Waals surface area contributed by atoms with Gasteiger partial charge in [-0.3, -0.25) is 4.79 Å². The first kappa shape index (κ1) is 12.6. The summed E-state index contributed by atoms with van der Waals surface area (Å²) in [4.78, 5) is 11.8. The van der Waals surface area contributed by atoms with Crippen LogP contribution in [0.1, 0.15) is 30.8 Å². The first-order chi connectivity index (χ1) is 7.09. The summed E-state index contributed by atoms with van der Waals surface area (Å²) in [7, 11) is 0. The van der Waals surface area contributed by atoms with E-state index in [1.807, 2.05) is 0 Å². The Morgan fingerprint density at radius 3 is 2.93 bits per heavy atom. The van der Waals surface area contributed by atoms with E-state index >= 15 is 0 Å². The topological polar surface area (TPSA) is 54.9 Å².